The molecule has 10 aromatic rings. The first-order chi connectivity index (χ1) is 32.0. The lowest BCUT2D eigenvalue weighted by Crippen LogP contribution is -2.61. The molecule has 0 unspecified atom stereocenters. The second kappa shape index (κ2) is 14.0. The number of para-hydroxylation sites is 2. The van der Waals surface area contributed by atoms with Crippen molar-refractivity contribution in [2.45, 2.75) is 52.4 Å². The van der Waals surface area contributed by atoms with Crippen molar-refractivity contribution in [1.29, 1.82) is 0 Å². The van der Waals surface area contributed by atoms with Crippen LogP contribution in [0.4, 0.5) is 34.1 Å². The molecule has 0 spiro atoms. The van der Waals surface area contributed by atoms with Gasteiger partial charge in [0.2, 0.25) is 0 Å². The van der Waals surface area contributed by atoms with E-state index in [2.05, 4.69) is 233 Å². The summed E-state index contributed by atoms with van der Waals surface area (Å²) in [6.45, 7) is 14.0. The SMILES string of the molecule is Cc1cc2c3c(c1)N(c1ccc(-c4cccc5c4oc4ccccc45)cc1)c1cc(C(C)(C)C)ccc1B3c1cc(-c3ccccc3)ccc1N2c1ccc2c(c1)C(C)(C)c1ccccc1-2. The Morgan fingerprint density at radius 3 is 1.94 bits per heavy atom. The van der Waals surface area contributed by atoms with Gasteiger partial charge in [0.05, 0.1) is 0 Å². The van der Waals surface area contributed by atoms with Gasteiger partial charge in [-0.25, -0.2) is 0 Å². The number of hydrogen-bond acceptors (Lipinski definition) is 3. The van der Waals surface area contributed by atoms with Crippen molar-refractivity contribution in [3.05, 3.63) is 210 Å². The number of anilines is 6. The molecule has 3 heterocycles. The first-order valence-electron chi connectivity index (χ1n) is 23.4. The van der Waals surface area contributed by atoms with Gasteiger partial charge in [-0.2, -0.15) is 0 Å². The van der Waals surface area contributed by atoms with Gasteiger partial charge in [-0.3, -0.25) is 0 Å². The second-order valence-corrected chi connectivity index (χ2v) is 20.2. The molecule has 0 saturated heterocycles. The van der Waals surface area contributed by atoms with Crippen LogP contribution >= 0.6 is 0 Å². The van der Waals surface area contributed by atoms with E-state index < -0.39 is 0 Å². The Bertz CT molecular complexity index is 3630. The molecule has 0 atom stereocenters. The van der Waals surface area contributed by atoms with Gasteiger partial charge in [-0.1, -0.05) is 168 Å². The number of furan rings is 1. The second-order valence-electron chi connectivity index (χ2n) is 20.2. The maximum atomic E-state index is 6.53. The maximum Gasteiger partial charge on any atom is 0.252 e. The quantitative estimate of drug-likeness (QED) is 0.165. The van der Waals surface area contributed by atoms with E-state index in [0.29, 0.717) is 0 Å². The molecule has 0 bridgehead atoms. The summed E-state index contributed by atoms with van der Waals surface area (Å²) in [5.74, 6) is 0. The van der Waals surface area contributed by atoms with Crippen LogP contribution in [0.1, 0.15) is 56.9 Å². The molecule has 0 N–H and O–H groups in total. The molecular formula is C62H49BN2O. The monoisotopic (exact) mass is 848 g/mol. The fourth-order valence-electron chi connectivity index (χ4n) is 11.6. The van der Waals surface area contributed by atoms with Crippen molar-refractivity contribution in [2.24, 2.45) is 0 Å². The van der Waals surface area contributed by atoms with Gasteiger partial charge in [-0.15, -0.1) is 0 Å². The van der Waals surface area contributed by atoms with E-state index in [4.69, 9.17) is 4.42 Å². The average molecular weight is 849 g/mol. The smallest absolute Gasteiger partial charge is 0.252 e. The summed E-state index contributed by atoms with van der Waals surface area (Å²) in [7, 11) is 0. The van der Waals surface area contributed by atoms with Crippen LogP contribution in [0.25, 0.3) is 55.3 Å². The van der Waals surface area contributed by atoms with Crippen LogP contribution in [0, 0.1) is 6.92 Å². The lowest BCUT2D eigenvalue weighted by molar-refractivity contribution is 0.590. The first kappa shape index (κ1) is 38.9. The highest BCUT2D eigenvalue weighted by atomic mass is 16.3. The summed E-state index contributed by atoms with van der Waals surface area (Å²) in [5, 5.41) is 2.28. The summed E-state index contributed by atoms with van der Waals surface area (Å²) in [5.41, 5.74) is 25.4. The summed E-state index contributed by atoms with van der Waals surface area (Å²) in [4.78, 5) is 5.11. The van der Waals surface area contributed by atoms with E-state index in [1.807, 2.05) is 6.07 Å². The Morgan fingerprint density at radius 2 is 1.14 bits per heavy atom. The Kier molecular flexibility index (Phi) is 8.23. The van der Waals surface area contributed by atoms with Gasteiger partial charge in [-0.05, 0) is 133 Å². The van der Waals surface area contributed by atoms with Gasteiger partial charge < -0.3 is 14.2 Å². The molecule has 0 radical (unpaired) electrons. The molecule has 1 aromatic heterocycles. The third-order valence-corrected chi connectivity index (χ3v) is 14.9. The van der Waals surface area contributed by atoms with E-state index in [0.717, 1.165) is 38.8 Å². The van der Waals surface area contributed by atoms with Crippen LogP contribution in [-0.2, 0) is 10.8 Å². The van der Waals surface area contributed by atoms with Crippen LogP contribution in [0.2, 0.25) is 0 Å². The van der Waals surface area contributed by atoms with Crippen molar-refractivity contribution in [3.8, 4) is 33.4 Å². The van der Waals surface area contributed by atoms with E-state index in [1.165, 1.54) is 89.3 Å². The fourth-order valence-corrected chi connectivity index (χ4v) is 11.6. The normalized spacial score (nSPS) is 14.2. The van der Waals surface area contributed by atoms with Crippen molar-refractivity contribution in [1.82, 2.24) is 0 Å². The molecule has 0 saturated carbocycles. The standard InChI is InChI=1S/C62H49BN2O/c1-38-33-56-59-57(34-38)65(44-29-30-47-46-17-10-12-21-50(46)62(5,6)51(47)37-44)54-32-25-41(39-15-8-7-9-16-39)35-53(54)63(59)52-31-26-42(61(2,3)4)36-55(52)64(56)43-27-23-40(24-28-43)45-19-14-20-49-48-18-11-13-22-58(48)66-60(45)49/h7-37H,1-6H3. The number of hydrogen-bond donors (Lipinski definition) is 0. The number of fused-ring (bicyclic) bond motifs is 10. The third kappa shape index (κ3) is 5.64. The topological polar surface area (TPSA) is 19.6 Å². The molecule has 66 heavy (non-hydrogen) atoms. The van der Waals surface area contributed by atoms with Crippen LogP contribution in [0.3, 0.4) is 0 Å². The highest BCUT2D eigenvalue weighted by Gasteiger charge is 2.45. The predicted molar refractivity (Wildman–Crippen MR) is 280 cm³/mol. The Morgan fingerprint density at radius 1 is 0.470 bits per heavy atom. The van der Waals surface area contributed by atoms with E-state index in [1.54, 1.807) is 0 Å². The fraction of sp³-hybridized carbons (Fsp3) is 0.129. The summed E-state index contributed by atoms with van der Waals surface area (Å²) < 4.78 is 6.53. The number of rotatable bonds is 4. The summed E-state index contributed by atoms with van der Waals surface area (Å²) in [6, 6.07) is 70.3. The molecule has 3 aliphatic rings. The zero-order valence-electron chi connectivity index (χ0n) is 38.3. The van der Waals surface area contributed by atoms with Crippen LogP contribution < -0.4 is 26.2 Å². The average Bonchev–Trinajstić information content (AvgIpc) is 3.83. The zero-order chi connectivity index (χ0) is 44.6. The van der Waals surface area contributed by atoms with E-state index >= 15 is 0 Å². The van der Waals surface area contributed by atoms with E-state index in [9.17, 15) is 0 Å². The minimum absolute atomic E-state index is 0.00543. The van der Waals surface area contributed by atoms with Gasteiger partial charge in [0.1, 0.15) is 11.2 Å². The van der Waals surface area contributed by atoms with Crippen molar-refractivity contribution in [2.75, 3.05) is 9.80 Å². The third-order valence-electron chi connectivity index (χ3n) is 14.9. The Balaban J connectivity index is 1.04. The van der Waals surface area contributed by atoms with E-state index in [-0.39, 0.29) is 17.5 Å². The van der Waals surface area contributed by atoms with Crippen molar-refractivity contribution >= 4 is 79.2 Å². The molecule has 0 fully saturated rings. The first-order valence-corrected chi connectivity index (χ1v) is 23.4. The predicted octanol–water partition coefficient (Wildman–Crippen LogP) is 14.9. The van der Waals surface area contributed by atoms with Crippen molar-refractivity contribution < 1.29 is 4.42 Å². The molecule has 1 aliphatic carbocycles. The van der Waals surface area contributed by atoms with Crippen molar-refractivity contribution in [3.63, 3.8) is 0 Å². The molecule has 2 aliphatic heterocycles. The lowest BCUT2D eigenvalue weighted by atomic mass is 9.33. The highest BCUT2D eigenvalue weighted by Crippen LogP contribution is 2.52. The van der Waals surface area contributed by atoms with Crippen LogP contribution in [0.5, 0.6) is 0 Å². The molecule has 316 valence electrons. The molecule has 4 heteroatoms. The van der Waals surface area contributed by atoms with Crippen LogP contribution in [0.15, 0.2) is 192 Å². The minimum atomic E-state index is -0.130. The number of nitrogens with zero attached hydrogens (tertiary/aromatic N) is 2. The summed E-state index contributed by atoms with van der Waals surface area (Å²) in [6.07, 6.45) is 0. The summed E-state index contributed by atoms with van der Waals surface area (Å²) >= 11 is 0. The van der Waals surface area contributed by atoms with Gasteiger partial charge in [0.25, 0.3) is 6.71 Å². The van der Waals surface area contributed by atoms with Gasteiger partial charge in [0, 0.05) is 55.9 Å². The number of aryl methyl sites for hydroxylation is 1. The van der Waals surface area contributed by atoms with Crippen LogP contribution in [-0.4, -0.2) is 6.71 Å². The largest absolute Gasteiger partial charge is 0.455 e. The van der Waals surface area contributed by atoms with Gasteiger partial charge >= 0.3 is 0 Å². The molecule has 9 aromatic carbocycles. The molecule has 0 amide bonds. The highest BCUT2D eigenvalue weighted by molar-refractivity contribution is 7.00. The van der Waals surface area contributed by atoms with Gasteiger partial charge in [0.15, 0.2) is 0 Å². The Labute approximate surface area is 387 Å². The Hall–Kier alpha value is -7.56. The molecule has 13 rings (SSSR count). The number of benzene rings is 9. The zero-order valence-corrected chi connectivity index (χ0v) is 38.3. The lowest BCUT2D eigenvalue weighted by Gasteiger charge is -2.45. The molecule has 3 nitrogen and oxygen atoms in total. The minimum Gasteiger partial charge on any atom is -0.455 e. The molecular weight excluding hydrogens is 800 g/mol. The maximum absolute atomic E-state index is 6.53.